The Morgan fingerprint density at radius 2 is 2.31 bits per heavy atom. The Balaban J connectivity index is 2.53. The van der Waals surface area contributed by atoms with Gasteiger partial charge in [0.1, 0.15) is 0 Å². The van der Waals surface area contributed by atoms with Crippen LogP contribution in [0.15, 0.2) is 29.3 Å². The fourth-order valence-corrected chi connectivity index (χ4v) is 1.69. The van der Waals surface area contributed by atoms with E-state index in [0.717, 1.165) is 6.54 Å². The van der Waals surface area contributed by atoms with E-state index >= 15 is 0 Å². The topological polar surface area (TPSA) is 46.9 Å². The molecule has 16 heavy (non-hydrogen) atoms. The second kappa shape index (κ2) is 4.63. The van der Waals surface area contributed by atoms with Gasteiger partial charge in [-0.25, -0.2) is 4.98 Å². The zero-order valence-electron chi connectivity index (χ0n) is 8.90. The molecule has 0 saturated carbocycles. The van der Waals surface area contributed by atoms with Gasteiger partial charge in [0.15, 0.2) is 0 Å². The fourth-order valence-electron chi connectivity index (χ4n) is 1.52. The molecule has 0 aliphatic carbocycles. The highest BCUT2D eigenvalue weighted by Crippen LogP contribution is 2.13. The lowest BCUT2D eigenvalue weighted by atomic mass is 10.2. The largest absolute Gasteiger partial charge is 0.318 e. The number of nitrogens with zero attached hydrogens (tertiary/aromatic N) is 2. The summed E-state index contributed by atoms with van der Waals surface area (Å²) < 4.78 is 1.59. The van der Waals surface area contributed by atoms with Gasteiger partial charge in [0.2, 0.25) is 0 Å². The molecule has 0 aliphatic rings. The van der Waals surface area contributed by atoms with Crippen molar-refractivity contribution in [3.8, 4) is 0 Å². The van der Waals surface area contributed by atoms with Crippen LogP contribution >= 0.6 is 11.6 Å². The number of likely N-dealkylation sites (N-methyl/N-ethyl adjacent to an activating group) is 1. The summed E-state index contributed by atoms with van der Waals surface area (Å²) in [5.41, 5.74) is 0.607. The minimum Gasteiger partial charge on any atom is -0.318 e. The van der Waals surface area contributed by atoms with Gasteiger partial charge in [0.25, 0.3) is 5.56 Å². The van der Waals surface area contributed by atoms with Crippen molar-refractivity contribution in [3.05, 3.63) is 39.9 Å². The van der Waals surface area contributed by atoms with Crippen LogP contribution in [-0.2, 0) is 6.54 Å². The third-order valence-corrected chi connectivity index (χ3v) is 2.63. The predicted molar refractivity (Wildman–Crippen MR) is 64.9 cm³/mol. The van der Waals surface area contributed by atoms with E-state index in [1.165, 1.54) is 0 Å². The molecule has 0 fully saturated rings. The van der Waals surface area contributed by atoms with Crippen LogP contribution in [0, 0.1) is 0 Å². The summed E-state index contributed by atoms with van der Waals surface area (Å²) in [6.45, 7) is 1.35. The molecule has 0 unspecified atom stereocenters. The number of fused-ring (bicyclic) bond motifs is 1. The van der Waals surface area contributed by atoms with E-state index in [-0.39, 0.29) is 5.56 Å². The maximum Gasteiger partial charge on any atom is 0.261 e. The van der Waals surface area contributed by atoms with Crippen molar-refractivity contribution < 1.29 is 0 Å². The third-order valence-electron chi connectivity index (χ3n) is 2.39. The highest BCUT2D eigenvalue weighted by atomic mass is 35.5. The Kier molecular flexibility index (Phi) is 3.22. The smallest absolute Gasteiger partial charge is 0.261 e. The highest BCUT2D eigenvalue weighted by Gasteiger charge is 2.03. The molecule has 1 aromatic heterocycles. The van der Waals surface area contributed by atoms with E-state index in [0.29, 0.717) is 22.5 Å². The zero-order chi connectivity index (χ0) is 11.5. The first kappa shape index (κ1) is 11.1. The van der Waals surface area contributed by atoms with Crippen molar-refractivity contribution >= 4 is 22.5 Å². The second-order valence-electron chi connectivity index (χ2n) is 3.51. The molecule has 4 nitrogen and oxygen atoms in total. The second-order valence-corrected chi connectivity index (χ2v) is 3.94. The Hall–Kier alpha value is -1.39. The van der Waals surface area contributed by atoms with Crippen LogP contribution in [0.1, 0.15) is 0 Å². The van der Waals surface area contributed by atoms with E-state index in [2.05, 4.69) is 10.3 Å². The number of halogens is 1. The Labute approximate surface area is 97.9 Å². The summed E-state index contributed by atoms with van der Waals surface area (Å²) in [7, 11) is 1.85. The van der Waals surface area contributed by atoms with Gasteiger partial charge in [0.05, 0.1) is 17.2 Å². The number of benzene rings is 1. The van der Waals surface area contributed by atoms with E-state index in [1.807, 2.05) is 7.05 Å². The molecule has 0 radical (unpaired) electrons. The van der Waals surface area contributed by atoms with Crippen molar-refractivity contribution in [1.29, 1.82) is 0 Å². The minimum atomic E-state index is -0.0306. The Bertz CT molecular complexity index is 565. The van der Waals surface area contributed by atoms with Gasteiger partial charge in [-0.05, 0) is 25.2 Å². The number of nitrogens with one attached hydrogen (secondary N) is 1. The molecular weight excluding hydrogens is 226 g/mol. The molecule has 84 valence electrons. The van der Waals surface area contributed by atoms with Crippen molar-refractivity contribution in [1.82, 2.24) is 14.9 Å². The van der Waals surface area contributed by atoms with Gasteiger partial charge in [-0.15, -0.1) is 0 Å². The van der Waals surface area contributed by atoms with Crippen LogP contribution in [0.3, 0.4) is 0 Å². The van der Waals surface area contributed by atoms with Crippen LogP contribution in [0.25, 0.3) is 10.9 Å². The van der Waals surface area contributed by atoms with Crippen molar-refractivity contribution in [3.63, 3.8) is 0 Å². The van der Waals surface area contributed by atoms with E-state index in [9.17, 15) is 4.79 Å². The normalized spacial score (nSPS) is 10.9. The molecule has 0 amide bonds. The zero-order valence-corrected chi connectivity index (χ0v) is 9.66. The molecule has 2 aromatic rings. The van der Waals surface area contributed by atoms with Crippen LogP contribution in [0.2, 0.25) is 5.02 Å². The van der Waals surface area contributed by atoms with Gasteiger partial charge in [-0.3, -0.25) is 9.36 Å². The van der Waals surface area contributed by atoms with Crippen molar-refractivity contribution in [2.45, 2.75) is 6.54 Å². The third kappa shape index (κ3) is 2.08. The summed E-state index contributed by atoms with van der Waals surface area (Å²) in [4.78, 5) is 16.2. The lowest BCUT2D eigenvalue weighted by Crippen LogP contribution is -2.25. The summed E-state index contributed by atoms with van der Waals surface area (Å²) in [5.74, 6) is 0. The van der Waals surface area contributed by atoms with Gasteiger partial charge < -0.3 is 5.32 Å². The lowest BCUT2D eigenvalue weighted by molar-refractivity contribution is 0.621. The average molecular weight is 238 g/mol. The molecule has 0 spiro atoms. The molecule has 0 saturated heterocycles. The standard InChI is InChI=1S/C11H12ClN3O/c1-13-4-5-15-7-14-10-6-8(12)2-3-9(10)11(15)16/h2-3,6-7,13H,4-5H2,1H3. The first-order valence-corrected chi connectivity index (χ1v) is 5.39. The fraction of sp³-hybridized carbons (Fsp3) is 0.273. The van der Waals surface area contributed by atoms with E-state index in [1.54, 1.807) is 29.1 Å². The van der Waals surface area contributed by atoms with Gasteiger partial charge in [0, 0.05) is 18.1 Å². The summed E-state index contributed by atoms with van der Waals surface area (Å²) in [6.07, 6.45) is 1.55. The summed E-state index contributed by atoms with van der Waals surface area (Å²) in [5, 5.41) is 4.18. The molecule has 1 N–H and O–H groups in total. The SMILES string of the molecule is CNCCn1cnc2cc(Cl)ccc2c1=O. The van der Waals surface area contributed by atoms with E-state index in [4.69, 9.17) is 11.6 Å². The number of hydrogen-bond donors (Lipinski definition) is 1. The Morgan fingerprint density at radius 3 is 3.06 bits per heavy atom. The van der Waals surface area contributed by atoms with Crippen LogP contribution in [-0.4, -0.2) is 23.1 Å². The quantitative estimate of drug-likeness (QED) is 0.875. The first-order valence-electron chi connectivity index (χ1n) is 5.01. The molecule has 0 atom stereocenters. The minimum absolute atomic E-state index is 0.0306. The molecule has 0 bridgehead atoms. The molecule has 0 aliphatic heterocycles. The highest BCUT2D eigenvalue weighted by molar-refractivity contribution is 6.31. The van der Waals surface area contributed by atoms with Crippen LogP contribution in [0.4, 0.5) is 0 Å². The number of rotatable bonds is 3. The average Bonchev–Trinajstić information content (AvgIpc) is 2.28. The molecule has 2 rings (SSSR count). The van der Waals surface area contributed by atoms with Crippen LogP contribution < -0.4 is 10.9 Å². The number of aromatic nitrogens is 2. The monoisotopic (exact) mass is 237 g/mol. The maximum atomic E-state index is 12.0. The number of hydrogen-bond acceptors (Lipinski definition) is 3. The van der Waals surface area contributed by atoms with Crippen molar-refractivity contribution in [2.75, 3.05) is 13.6 Å². The molecule has 1 heterocycles. The van der Waals surface area contributed by atoms with Crippen molar-refractivity contribution in [2.24, 2.45) is 0 Å². The first-order chi connectivity index (χ1) is 7.72. The lowest BCUT2D eigenvalue weighted by Gasteiger charge is -2.05. The predicted octanol–water partition coefficient (Wildman–Crippen LogP) is 1.27. The Morgan fingerprint density at radius 1 is 1.50 bits per heavy atom. The van der Waals surface area contributed by atoms with Gasteiger partial charge in [-0.1, -0.05) is 11.6 Å². The van der Waals surface area contributed by atoms with Gasteiger partial charge >= 0.3 is 0 Å². The van der Waals surface area contributed by atoms with E-state index < -0.39 is 0 Å². The summed E-state index contributed by atoms with van der Waals surface area (Å²) in [6, 6.07) is 5.11. The van der Waals surface area contributed by atoms with Gasteiger partial charge in [-0.2, -0.15) is 0 Å². The summed E-state index contributed by atoms with van der Waals surface area (Å²) >= 11 is 5.84. The molecule has 1 aromatic carbocycles. The van der Waals surface area contributed by atoms with Crippen LogP contribution in [0.5, 0.6) is 0 Å². The molecular formula is C11H12ClN3O. The molecule has 5 heteroatoms. The maximum absolute atomic E-state index is 12.0.